The quantitative estimate of drug-likeness (QED) is 0.844. The predicted molar refractivity (Wildman–Crippen MR) is 69.4 cm³/mol. The van der Waals surface area contributed by atoms with Gasteiger partial charge in [-0.1, -0.05) is 12.1 Å². The summed E-state index contributed by atoms with van der Waals surface area (Å²) in [5.41, 5.74) is 0.428. The van der Waals surface area contributed by atoms with E-state index in [1.807, 2.05) is 0 Å². The summed E-state index contributed by atoms with van der Waals surface area (Å²) in [6, 6.07) is 5.84. The van der Waals surface area contributed by atoms with Crippen LogP contribution in [0.1, 0.15) is 23.2 Å². The van der Waals surface area contributed by atoms with E-state index in [2.05, 4.69) is 4.90 Å². The first-order valence-electron chi connectivity index (χ1n) is 6.82. The molecule has 0 radical (unpaired) electrons. The summed E-state index contributed by atoms with van der Waals surface area (Å²) in [5, 5.41) is 9.84. The molecule has 2 fully saturated rings. The molecule has 0 aromatic heterocycles. The van der Waals surface area contributed by atoms with Crippen molar-refractivity contribution in [3.05, 3.63) is 35.6 Å². The molecule has 1 aliphatic heterocycles. The average molecular weight is 263 g/mol. The molecule has 0 spiro atoms. The number of ketones is 1. The summed E-state index contributed by atoms with van der Waals surface area (Å²) in [6.07, 6.45) is 1.73. The van der Waals surface area contributed by atoms with Gasteiger partial charge in [0.15, 0.2) is 5.78 Å². The van der Waals surface area contributed by atoms with E-state index in [0.717, 1.165) is 25.9 Å². The van der Waals surface area contributed by atoms with Gasteiger partial charge in [0.1, 0.15) is 5.82 Å². The zero-order valence-electron chi connectivity index (χ0n) is 10.8. The Bertz CT molecular complexity index is 491. The van der Waals surface area contributed by atoms with Gasteiger partial charge in [-0.3, -0.25) is 9.69 Å². The minimum Gasteiger partial charge on any atom is -0.393 e. The molecule has 3 unspecified atom stereocenters. The Labute approximate surface area is 112 Å². The molecular formula is C15H18FNO2. The Morgan fingerprint density at radius 2 is 2.21 bits per heavy atom. The Kier molecular flexibility index (Phi) is 3.37. The number of benzene rings is 1. The largest absolute Gasteiger partial charge is 0.393 e. The summed E-state index contributed by atoms with van der Waals surface area (Å²) in [5.74, 6) is 0.421. The molecule has 1 N–H and O–H groups in total. The molecule has 1 saturated carbocycles. The maximum absolute atomic E-state index is 13.1. The first-order chi connectivity index (χ1) is 9.13. The first-order valence-corrected chi connectivity index (χ1v) is 6.82. The topological polar surface area (TPSA) is 40.5 Å². The van der Waals surface area contributed by atoms with Gasteiger partial charge in [0.05, 0.1) is 12.6 Å². The Hall–Kier alpha value is -1.26. The number of hydrogen-bond acceptors (Lipinski definition) is 3. The SMILES string of the molecule is O=C(CN1CC2CCC(O)C2C1)c1cccc(F)c1. The van der Waals surface area contributed by atoms with E-state index in [-0.39, 0.29) is 17.7 Å². The number of Topliss-reactive ketones (excluding diaryl/α,β-unsaturated/α-hetero) is 1. The van der Waals surface area contributed by atoms with Crippen molar-refractivity contribution in [2.75, 3.05) is 19.6 Å². The fraction of sp³-hybridized carbons (Fsp3) is 0.533. The molecular weight excluding hydrogens is 245 g/mol. The number of hydrogen-bond donors (Lipinski definition) is 1. The van der Waals surface area contributed by atoms with Gasteiger partial charge in [-0.05, 0) is 30.9 Å². The van der Waals surface area contributed by atoms with Crippen LogP contribution in [0.15, 0.2) is 24.3 Å². The van der Waals surface area contributed by atoms with Gasteiger partial charge in [0.25, 0.3) is 0 Å². The van der Waals surface area contributed by atoms with E-state index in [0.29, 0.717) is 23.9 Å². The molecule has 3 rings (SSSR count). The molecule has 0 amide bonds. The van der Waals surface area contributed by atoms with Crippen LogP contribution >= 0.6 is 0 Å². The lowest BCUT2D eigenvalue weighted by Gasteiger charge is -2.17. The standard InChI is InChI=1S/C15H18FNO2/c16-12-3-1-2-10(6-12)15(19)9-17-7-11-4-5-14(18)13(11)8-17/h1-3,6,11,13-14,18H,4-5,7-9H2. The van der Waals surface area contributed by atoms with E-state index in [1.165, 1.54) is 12.1 Å². The lowest BCUT2D eigenvalue weighted by atomic mass is 10.00. The van der Waals surface area contributed by atoms with Crippen LogP contribution in [0.4, 0.5) is 4.39 Å². The normalized spacial score (nSPS) is 30.5. The molecule has 2 aliphatic rings. The summed E-state index contributed by atoms with van der Waals surface area (Å²) in [6.45, 7) is 1.98. The number of aliphatic hydroxyl groups excluding tert-OH is 1. The van der Waals surface area contributed by atoms with E-state index >= 15 is 0 Å². The highest BCUT2D eigenvalue weighted by Gasteiger charge is 2.42. The molecule has 19 heavy (non-hydrogen) atoms. The third-order valence-electron chi connectivity index (χ3n) is 4.41. The van der Waals surface area contributed by atoms with Crippen LogP contribution in [0, 0.1) is 17.7 Å². The van der Waals surface area contributed by atoms with Crippen LogP contribution in [-0.2, 0) is 0 Å². The highest BCUT2D eigenvalue weighted by Crippen LogP contribution is 2.37. The Morgan fingerprint density at radius 1 is 1.37 bits per heavy atom. The fourth-order valence-corrected chi connectivity index (χ4v) is 3.41. The van der Waals surface area contributed by atoms with Gasteiger partial charge in [-0.15, -0.1) is 0 Å². The molecule has 1 saturated heterocycles. The lowest BCUT2D eigenvalue weighted by Crippen LogP contribution is -2.30. The minimum absolute atomic E-state index is 0.0473. The van der Waals surface area contributed by atoms with Crippen LogP contribution in [-0.4, -0.2) is 41.5 Å². The number of aliphatic hydroxyl groups is 1. The van der Waals surface area contributed by atoms with Crippen molar-refractivity contribution in [3.8, 4) is 0 Å². The zero-order valence-corrected chi connectivity index (χ0v) is 10.8. The summed E-state index contributed by atoms with van der Waals surface area (Å²) in [4.78, 5) is 14.2. The third-order valence-corrected chi connectivity index (χ3v) is 4.41. The molecule has 3 atom stereocenters. The highest BCUT2D eigenvalue weighted by molar-refractivity contribution is 5.97. The van der Waals surface area contributed by atoms with Gasteiger partial charge < -0.3 is 5.11 Å². The van der Waals surface area contributed by atoms with E-state index in [1.54, 1.807) is 12.1 Å². The second-order valence-corrected chi connectivity index (χ2v) is 5.70. The predicted octanol–water partition coefficient (Wildman–Crippen LogP) is 1.71. The number of carbonyl (C=O) groups is 1. The smallest absolute Gasteiger partial charge is 0.176 e. The van der Waals surface area contributed by atoms with Gasteiger partial charge in [-0.2, -0.15) is 0 Å². The van der Waals surface area contributed by atoms with Crippen molar-refractivity contribution in [1.82, 2.24) is 4.90 Å². The van der Waals surface area contributed by atoms with Crippen LogP contribution in [0.3, 0.4) is 0 Å². The Balaban J connectivity index is 1.62. The molecule has 1 aromatic rings. The molecule has 4 heteroatoms. The highest BCUT2D eigenvalue weighted by atomic mass is 19.1. The minimum atomic E-state index is -0.375. The fourth-order valence-electron chi connectivity index (χ4n) is 3.41. The molecule has 1 aromatic carbocycles. The van der Waals surface area contributed by atoms with Crippen LogP contribution in [0.25, 0.3) is 0 Å². The molecule has 3 nitrogen and oxygen atoms in total. The average Bonchev–Trinajstić information content (AvgIpc) is 2.92. The summed E-state index contributed by atoms with van der Waals surface area (Å²) >= 11 is 0. The monoisotopic (exact) mass is 263 g/mol. The van der Waals surface area contributed by atoms with Gasteiger partial charge in [-0.25, -0.2) is 4.39 Å². The van der Waals surface area contributed by atoms with Crippen molar-refractivity contribution < 1.29 is 14.3 Å². The van der Waals surface area contributed by atoms with Crippen molar-refractivity contribution in [1.29, 1.82) is 0 Å². The summed E-state index contributed by atoms with van der Waals surface area (Å²) in [7, 11) is 0. The Morgan fingerprint density at radius 3 is 2.95 bits per heavy atom. The number of nitrogens with zero attached hydrogens (tertiary/aromatic N) is 1. The number of halogens is 1. The van der Waals surface area contributed by atoms with Crippen molar-refractivity contribution in [3.63, 3.8) is 0 Å². The molecule has 0 bridgehead atoms. The van der Waals surface area contributed by atoms with Crippen molar-refractivity contribution >= 4 is 5.78 Å². The maximum Gasteiger partial charge on any atom is 0.176 e. The molecule has 1 heterocycles. The van der Waals surface area contributed by atoms with Crippen molar-refractivity contribution in [2.45, 2.75) is 18.9 Å². The number of likely N-dealkylation sites (tertiary alicyclic amines) is 1. The zero-order chi connectivity index (χ0) is 13.4. The number of rotatable bonds is 3. The first kappa shape index (κ1) is 12.8. The van der Waals surface area contributed by atoms with E-state index in [9.17, 15) is 14.3 Å². The lowest BCUT2D eigenvalue weighted by molar-refractivity contribution is 0.0919. The number of carbonyl (C=O) groups excluding carboxylic acids is 1. The van der Waals surface area contributed by atoms with Gasteiger partial charge in [0, 0.05) is 24.6 Å². The van der Waals surface area contributed by atoms with Gasteiger partial charge >= 0.3 is 0 Å². The third kappa shape index (κ3) is 2.55. The molecule has 102 valence electrons. The summed E-state index contributed by atoms with van der Waals surface area (Å²) < 4.78 is 13.1. The van der Waals surface area contributed by atoms with Crippen molar-refractivity contribution in [2.24, 2.45) is 11.8 Å². The van der Waals surface area contributed by atoms with E-state index < -0.39 is 0 Å². The van der Waals surface area contributed by atoms with E-state index in [4.69, 9.17) is 0 Å². The number of fused-ring (bicyclic) bond motifs is 1. The molecule has 1 aliphatic carbocycles. The van der Waals surface area contributed by atoms with Crippen LogP contribution < -0.4 is 0 Å². The van der Waals surface area contributed by atoms with Crippen LogP contribution in [0.5, 0.6) is 0 Å². The maximum atomic E-state index is 13.1. The van der Waals surface area contributed by atoms with Gasteiger partial charge in [0.2, 0.25) is 0 Å². The van der Waals surface area contributed by atoms with Crippen LogP contribution in [0.2, 0.25) is 0 Å². The second-order valence-electron chi connectivity index (χ2n) is 5.70. The second kappa shape index (κ2) is 5.02.